The second-order valence-corrected chi connectivity index (χ2v) is 7.81. The molecule has 0 radical (unpaired) electrons. The largest absolute Gasteiger partial charge is 0.497 e. The van der Waals surface area contributed by atoms with Crippen molar-refractivity contribution in [1.29, 1.82) is 0 Å². The summed E-state index contributed by atoms with van der Waals surface area (Å²) in [6, 6.07) is 16.4. The Morgan fingerprint density at radius 1 is 1.08 bits per heavy atom. The Balaban J connectivity index is 1.82. The predicted molar refractivity (Wildman–Crippen MR) is 103 cm³/mol. The zero-order valence-corrected chi connectivity index (χ0v) is 15.8. The van der Waals surface area contributed by atoms with Crippen molar-refractivity contribution >= 4 is 21.6 Å². The van der Waals surface area contributed by atoms with Crippen LogP contribution in [0.5, 0.6) is 5.75 Å². The zero-order chi connectivity index (χ0) is 19.0. The van der Waals surface area contributed by atoms with Gasteiger partial charge in [0.25, 0.3) is 0 Å². The van der Waals surface area contributed by atoms with E-state index in [4.69, 9.17) is 4.74 Å². The van der Waals surface area contributed by atoms with Gasteiger partial charge in [-0.15, -0.1) is 0 Å². The van der Waals surface area contributed by atoms with Crippen LogP contribution in [0.1, 0.15) is 12.0 Å². The van der Waals surface area contributed by atoms with Gasteiger partial charge in [-0.1, -0.05) is 30.3 Å². The molecule has 0 spiro atoms. The summed E-state index contributed by atoms with van der Waals surface area (Å²) in [7, 11) is -1.91. The number of ether oxygens (including phenoxy) is 1. The van der Waals surface area contributed by atoms with Gasteiger partial charge in [-0.05, 0) is 42.7 Å². The summed E-state index contributed by atoms with van der Waals surface area (Å²) in [6.45, 7) is 0.253. The number of carbonyl (C=O) groups excluding carboxylic acids is 1. The van der Waals surface area contributed by atoms with Gasteiger partial charge >= 0.3 is 0 Å². The van der Waals surface area contributed by atoms with E-state index in [0.717, 1.165) is 34.7 Å². The first-order valence-electron chi connectivity index (χ1n) is 8.32. The number of nitrogens with zero attached hydrogens (tertiary/aromatic N) is 1. The van der Waals surface area contributed by atoms with Gasteiger partial charge in [-0.3, -0.25) is 9.10 Å². The summed E-state index contributed by atoms with van der Waals surface area (Å²) in [5.41, 5.74) is 1.63. The van der Waals surface area contributed by atoms with Crippen LogP contribution in [0.25, 0.3) is 0 Å². The molecule has 0 bridgehead atoms. The molecule has 2 aromatic carbocycles. The lowest BCUT2D eigenvalue weighted by atomic mass is 10.1. The van der Waals surface area contributed by atoms with Gasteiger partial charge in [0.05, 0.1) is 19.1 Å². The molecule has 0 aliphatic rings. The van der Waals surface area contributed by atoms with E-state index in [1.54, 1.807) is 37.4 Å². The number of anilines is 1. The van der Waals surface area contributed by atoms with Crippen LogP contribution in [0.15, 0.2) is 54.6 Å². The Hall–Kier alpha value is -2.54. The van der Waals surface area contributed by atoms with E-state index in [0.29, 0.717) is 12.2 Å². The van der Waals surface area contributed by atoms with Gasteiger partial charge < -0.3 is 10.1 Å². The second-order valence-electron chi connectivity index (χ2n) is 5.91. The van der Waals surface area contributed by atoms with Crippen LogP contribution in [-0.4, -0.2) is 40.8 Å². The maximum Gasteiger partial charge on any atom is 0.240 e. The molecule has 2 rings (SSSR count). The van der Waals surface area contributed by atoms with Gasteiger partial charge in [0.2, 0.25) is 15.9 Å². The lowest BCUT2D eigenvalue weighted by Crippen LogP contribution is -2.40. The number of aryl methyl sites for hydroxylation is 1. The number of sulfonamides is 1. The van der Waals surface area contributed by atoms with Gasteiger partial charge in [-0.25, -0.2) is 8.42 Å². The van der Waals surface area contributed by atoms with E-state index in [9.17, 15) is 13.2 Å². The minimum Gasteiger partial charge on any atom is -0.497 e. The lowest BCUT2D eigenvalue weighted by Gasteiger charge is -2.21. The summed E-state index contributed by atoms with van der Waals surface area (Å²) < 4.78 is 30.2. The number of benzene rings is 2. The first-order valence-corrected chi connectivity index (χ1v) is 10.2. The van der Waals surface area contributed by atoms with E-state index in [1.165, 1.54) is 0 Å². The smallest absolute Gasteiger partial charge is 0.240 e. The third-order valence-electron chi connectivity index (χ3n) is 3.86. The van der Waals surface area contributed by atoms with E-state index >= 15 is 0 Å². The van der Waals surface area contributed by atoms with Crippen molar-refractivity contribution in [3.05, 3.63) is 60.2 Å². The van der Waals surface area contributed by atoms with E-state index in [-0.39, 0.29) is 12.5 Å². The molecule has 0 fully saturated rings. The topological polar surface area (TPSA) is 75.7 Å². The molecular formula is C19H24N2O4S. The normalized spacial score (nSPS) is 11.0. The molecule has 140 valence electrons. The van der Waals surface area contributed by atoms with Crippen molar-refractivity contribution in [1.82, 2.24) is 5.32 Å². The molecule has 0 aliphatic carbocycles. The first kappa shape index (κ1) is 19.8. The average molecular weight is 376 g/mol. The molecule has 7 heteroatoms. The van der Waals surface area contributed by atoms with Crippen molar-refractivity contribution in [2.24, 2.45) is 0 Å². The maximum absolute atomic E-state index is 12.1. The molecule has 26 heavy (non-hydrogen) atoms. The molecule has 0 unspecified atom stereocenters. The van der Waals surface area contributed by atoms with Crippen molar-refractivity contribution < 1.29 is 17.9 Å². The number of hydrogen-bond donors (Lipinski definition) is 1. The van der Waals surface area contributed by atoms with Gasteiger partial charge in [0.15, 0.2) is 0 Å². The van der Waals surface area contributed by atoms with Crippen LogP contribution in [0.4, 0.5) is 5.69 Å². The molecule has 0 saturated carbocycles. The zero-order valence-electron chi connectivity index (χ0n) is 15.0. The monoisotopic (exact) mass is 376 g/mol. The molecule has 0 saturated heterocycles. The standard InChI is InChI=1S/C19H24N2O4S/c1-25-18-12-10-16(11-13-18)7-6-14-20-19(22)15-21(26(2,23)24)17-8-4-3-5-9-17/h3-5,8-13H,6-7,14-15H2,1-2H3,(H,20,22). The van der Waals surface area contributed by atoms with Crippen molar-refractivity contribution in [2.75, 3.05) is 30.8 Å². The number of hydrogen-bond acceptors (Lipinski definition) is 4. The lowest BCUT2D eigenvalue weighted by molar-refractivity contribution is -0.119. The Labute approximate surface area is 154 Å². The first-order chi connectivity index (χ1) is 12.4. The van der Waals surface area contributed by atoms with Crippen LogP contribution in [0.2, 0.25) is 0 Å². The third kappa shape index (κ3) is 6.07. The number of para-hydroxylation sites is 1. The van der Waals surface area contributed by atoms with Crippen LogP contribution in [0.3, 0.4) is 0 Å². The summed E-state index contributed by atoms with van der Waals surface area (Å²) in [6.07, 6.45) is 2.68. The highest BCUT2D eigenvalue weighted by molar-refractivity contribution is 7.92. The Morgan fingerprint density at radius 2 is 1.73 bits per heavy atom. The Kier molecular flexibility index (Phi) is 7.03. The van der Waals surface area contributed by atoms with Crippen molar-refractivity contribution in [2.45, 2.75) is 12.8 Å². The van der Waals surface area contributed by atoms with Crippen LogP contribution < -0.4 is 14.4 Å². The number of methoxy groups -OCH3 is 1. The van der Waals surface area contributed by atoms with Crippen LogP contribution in [-0.2, 0) is 21.2 Å². The molecule has 0 aromatic heterocycles. The molecule has 1 N–H and O–H groups in total. The highest BCUT2D eigenvalue weighted by Gasteiger charge is 2.20. The highest BCUT2D eigenvalue weighted by atomic mass is 32.2. The number of carbonyl (C=O) groups is 1. The fourth-order valence-electron chi connectivity index (χ4n) is 2.49. The summed E-state index contributed by atoms with van der Waals surface area (Å²) in [4.78, 5) is 12.1. The highest BCUT2D eigenvalue weighted by Crippen LogP contribution is 2.16. The Bertz CT molecular complexity index is 805. The number of rotatable bonds is 9. The minimum atomic E-state index is -3.53. The van der Waals surface area contributed by atoms with E-state index < -0.39 is 10.0 Å². The van der Waals surface area contributed by atoms with Gasteiger partial charge in [0, 0.05) is 6.54 Å². The van der Waals surface area contributed by atoms with Gasteiger partial charge in [0.1, 0.15) is 12.3 Å². The summed E-state index contributed by atoms with van der Waals surface area (Å²) in [5, 5.41) is 2.78. The fraction of sp³-hybridized carbons (Fsp3) is 0.316. The second kappa shape index (κ2) is 9.24. The summed E-state index contributed by atoms with van der Waals surface area (Å²) in [5.74, 6) is 0.484. The van der Waals surface area contributed by atoms with Gasteiger partial charge in [-0.2, -0.15) is 0 Å². The number of amides is 1. The molecule has 1 amide bonds. The van der Waals surface area contributed by atoms with Crippen molar-refractivity contribution in [3.8, 4) is 5.75 Å². The number of nitrogens with one attached hydrogen (secondary N) is 1. The third-order valence-corrected chi connectivity index (χ3v) is 5.00. The predicted octanol–water partition coefficient (Wildman–Crippen LogP) is 2.21. The quantitative estimate of drug-likeness (QED) is 0.681. The van der Waals surface area contributed by atoms with E-state index in [2.05, 4.69) is 5.32 Å². The van der Waals surface area contributed by atoms with Crippen molar-refractivity contribution in [3.63, 3.8) is 0 Å². The summed E-state index contributed by atoms with van der Waals surface area (Å²) >= 11 is 0. The average Bonchev–Trinajstić information content (AvgIpc) is 2.63. The van der Waals surface area contributed by atoms with E-state index in [1.807, 2.05) is 24.3 Å². The Morgan fingerprint density at radius 3 is 2.31 bits per heavy atom. The molecule has 0 aliphatic heterocycles. The molecule has 0 heterocycles. The van der Waals surface area contributed by atoms with Crippen LogP contribution in [0, 0.1) is 0 Å². The SMILES string of the molecule is COc1ccc(CCCNC(=O)CN(c2ccccc2)S(C)(=O)=O)cc1. The maximum atomic E-state index is 12.1. The molecule has 6 nitrogen and oxygen atoms in total. The molecule has 2 aromatic rings. The fourth-order valence-corrected chi connectivity index (χ4v) is 3.35. The molecule has 0 atom stereocenters. The minimum absolute atomic E-state index is 0.231. The van der Waals surface area contributed by atoms with Crippen LogP contribution >= 0.6 is 0 Å². The molecular weight excluding hydrogens is 352 g/mol.